The number of carbonyl (C=O) groups is 2. The van der Waals surface area contributed by atoms with Gasteiger partial charge in [-0.3, -0.25) is 9.59 Å². The number of rotatable bonds is 5. The van der Waals surface area contributed by atoms with Crippen LogP contribution >= 0.6 is 23.2 Å². The number of nitrogens with zero attached hydrogens (tertiary/aromatic N) is 1. The van der Waals surface area contributed by atoms with Crippen molar-refractivity contribution < 1.29 is 23.1 Å². The van der Waals surface area contributed by atoms with Crippen molar-refractivity contribution in [1.82, 2.24) is 5.32 Å². The molecule has 1 heterocycles. The van der Waals surface area contributed by atoms with Crippen LogP contribution in [0.1, 0.15) is 56.2 Å². The number of halogens is 4. The van der Waals surface area contributed by atoms with Crippen LogP contribution in [0, 0.1) is 28.4 Å². The van der Waals surface area contributed by atoms with E-state index in [1.165, 1.54) is 43.5 Å². The van der Waals surface area contributed by atoms with Gasteiger partial charge in [-0.1, -0.05) is 62.2 Å². The molecule has 11 heteroatoms. The van der Waals surface area contributed by atoms with E-state index in [4.69, 9.17) is 27.9 Å². The van der Waals surface area contributed by atoms with Crippen LogP contribution in [0.4, 0.5) is 20.2 Å². The molecular weight excluding hydrogens is 597 g/mol. The first-order valence-electron chi connectivity index (χ1n) is 13.7. The van der Waals surface area contributed by atoms with E-state index in [0.717, 1.165) is 0 Å². The molecular formula is C32H32Cl2F2N4O3. The monoisotopic (exact) mass is 628 g/mol. The highest BCUT2D eigenvalue weighted by atomic mass is 35.5. The number of ether oxygens (including phenoxy) is 1. The first kappa shape index (κ1) is 32.2. The van der Waals surface area contributed by atoms with Crippen LogP contribution in [0.25, 0.3) is 0 Å². The smallest absolute Gasteiger partial charge is 0.242 e. The molecule has 43 heavy (non-hydrogen) atoms. The second-order valence-corrected chi connectivity index (χ2v) is 12.5. The lowest BCUT2D eigenvalue weighted by Crippen LogP contribution is -2.52. The number of nitriles is 1. The summed E-state index contributed by atoms with van der Waals surface area (Å²) in [6, 6.07) is 12.3. The van der Waals surface area contributed by atoms with E-state index < -0.39 is 41.5 Å². The second kappa shape index (κ2) is 13.3. The van der Waals surface area contributed by atoms with E-state index in [0.29, 0.717) is 23.2 Å². The van der Waals surface area contributed by atoms with Crippen LogP contribution in [0.3, 0.4) is 0 Å². The first-order chi connectivity index (χ1) is 20.3. The van der Waals surface area contributed by atoms with Crippen LogP contribution in [-0.2, 0) is 16.0 Å². The van der Waals surface area contributed by atoms with Gasteiger partial charge >= 0.3 is 0 Å². The number of anilines is 2. The van der Waals surface area contributed by atoms with Gasteiger partial charge < -0.3 is 20.7 Å². The molecule has 2 amide bonds. The Kier molecular flexibility index (Phi) is 9.96. The maximum atomic E-state index is 15.7. The highest BCUT2D eigenvalue weighted by Gasteiger charge is 2.37. The van der Waals surface area contributed by atoms with Gasteiger partial charge in [0.2, 0.25) is 11.8 Å². The Morgan fingerprint density at radius 2 is 1.81 bits per heavy atom. The molecule has 3 aromatic carbocycles. The van der Waals surface area contributed by atoms with Crippen molar-refractivity contribution >= 4 is 46.4 Å². The average Bonchev–Trinajstić information content (AvgIpc) is 2.94. The zero-order valence-corrected chi connectivity index (χ0v) is 25.7. The van der Waals surface area contributed by atoms with E-state index in [1.54, 1.807) is 12.1 Å². The van der Waals surface area contributed by atoms with Crippen molar-refractivity contribution in [1.29, 1.82) is 5.26 Å². The predicted octanol–water partition coefficient (Wildman–Crippen LogP) is 7.22. The highest BCUT2D eigenvalue weighted by Crippen LogP contribution is 2.37. The van der Waals surface area contributed by atoms with E-state index in [-0.39, 0.29) is 45.3 Å². The van der Waals surface area contributed by atoms with Gasteiger partial charge in [-0.25, -0.2) is 8.78 Å². The molecule has 1 aliphatic heterocycles. The molecule has 7 nitrogen and oxygen atoms in total. The molecule has 3 aromatic rings. The molecule has 0 saturated heterocycles. The van der Waals surface area contributed by atoms with Crippen molar-refractivity contribution in [3.63, 3.8) is 0 Å². The van der Waals surface area contributed by atoms with Gasteiger partial charge in [-0.2, -0.15) is 5.26 Å². The quantitative estimate of drug-likeness (QED) is 0.277. The molecule has 0 bridgehead atoms. The summed E-state index contributed by atoms with van der Waals surface area (Å²) in [4.78, 5) is 27.4. The number of hydrogen-bond donors (Lipinski definition) is 3. The Morgan fingerprint density at radius 1 is 1.09 bits per heavy atom. The van der Waals surface area contributed by atoms with E-state index >= 15 is 8.78 Å². The molecule has 0 fully saturated rings. The van der Waals surface area contributed by atoms with Gasteiger partial charge in [0.15, 0.2) is 5.82 Å². The number of carbonyl (C=O) groups excluding carboxylic acids is 2. The Balaban J connectivity index is 1.91. The topological polar surface area (TPSA) is 103 Å². The highest BCUT2D eigenvalue weighted by molar-refractivity contribution is 6.31. The lowest BCUT2D eigenvalue weighted by molar-refractivity contribution is -0.120. The van der Waals surface area contributed by atoms with Crippen molar-refractivity contribution in [2.45, 2.75) is 58.0 Å². The molecule has 3 N–H and O–H groups in total. The molecule has 226 valence electrons. The summed E-state index contributed by atoms with van der Waals surface area (Å²) in [5.74, 6) is -3.21. The minimum atomic E-state index is -1.13. The van der Waals surface area contributed by atoms with Crippen LogP contribution in [0.5, 0.6) is 5.75 Å². The van der Waals surface area contributed by atoms with Gasteiger partial charge in [-0.15, -0.1) is 0 Å². The summed E-state index contributed by atoms with van der Waals surface area (Å²) in [7, 11) is 1.41. The van der Waals surface area contributed by atoms with Crippen LogP contribution in [-0.4, -0.2) is 31.0 Å². The first-order valence-corrected chi connectivity index (χ1v) is 14.4. The van der Waals surface area contributed by atoms with E-state index in [2.05, 4.69) is 16.0 Å². The van der Waals surface area contributed by atoms with Gasteiger partial charge in [-0.05, 0) is 53.6 Å². The lowest BCUT2D eigenvalue weighted by atomic mass is 9.81. The minimum absolute atomic E-state index is 0.0568. The standard InChI is InChI=1S/C32H32Cl2F2N4O3/c1-32(2,3)15-19-14-26(41)40-29-18(9-10-23(34)28(29)36)13-21(20-6-5-7-22(33)27(20)35)30(38-19)31(42)39-24-11-8-17(16-37)12-25(24)43-4/h5-12,19,21,30,38H,13-15H2,1-4H3,(H,39,42)(H,40,41). The van der Waals surface area contributed by atoms with Gasteiger partial charge in [0.25, 0.3) is 0 Å². The number of nitrogens with one attached hydrogen (secondary N) is 3. The maximum absolute atomic E-state index is 15.7. The summed E-state index contributed by atoms with van der Waals surface area (Å²) >= 11 is 12.3. The van der Waals surface area contributed by atoms with Crippen molar-refractivity contribution in [2.75, 3.05) is 17.7 Å². The molecule has 0 aliphatic carbocycles. The zero-order chi connectivity index (χ0) is 31.5. The maximum Gasteiger partial charge on any atom is 0.242 e. The van der Waals surface area contributed by atoms with E-state index in [1.807, 2.05) is 26.8 Å². The molecule has 3 unspecified atom stereocenters. The number of amides is 2. The van der Waals surface area contributed by atoms with Gasteiger partial charge in [0, 0.05) is 24.4 Å². The fourth-order valence-electron chi connectivity index (χ4n) is 5.39. The molecule has 0 aromatic heterocycles. The fourth-order valence-corrected chi connectivity index (χ4v) is 5.73. The molecule has 0 spiro atoms. The SMILES string of the molecule is COc1cc(C#N)ccc1NC(=O)C1NC(CC(C)(C)C)CC(=O)Nc2c(ccc(Cl)c2F)CC1c1cccc(Cl)c1F. The van der Waals surface area contributed by atoms with Crippen molar-refractivity contribution in [3.05, 3.63) is 86.9 Å². The minimum Gasteiger partial charge on any atom is -0.495 e. The number of fused-ring (bicyclic) bond motifs is 1. The fraction of sp³-hybridized carbons (Fsp3) is 0.344. The Bertz CT molecular complexity index is 1590. The third kappa shape index (κ3) is 7.63. The molecule has 4 rings (SSSR count). The third-order valence-electron chi connectivity index (χ3n) is 7.25. The average molecular weight is 630 g/mol. The summed E-state index contributed by atoms with van der Waals surface area (Å²) in [5.41, 5.74) is 0.689. The van der Waals surface area contributed by atoms with Crippen LogP contribution in [0.2, 0.25) is 10.0 Å². The Hall–Kier alpha value is -3.71. The van der Waals surface area contributed by atoms with Gasteiger partial charge in [0.1, 0.15) is 11.6 Å². The normalized spacial score (nSPS) is 19.0. The summed E-state index contributed by atoms with van der Waals surface area (Å²) < 4.78 is 36.5. The summed E-state index contributed by atoms with van der Waals surface area (Å²) in [6.45, 7) is 5.97. The van der Waals surface area contributed by atoms with Crippen molar-refractivity contribution in [2.24, 2.45) is 5.41 Å². The number of methoxy groups -OCH3 is 1. The number of hydrogen-bond acceptors (Lipinski definition) is 5. The van der Waals surface area contributed by atoms with Crippen LogP contribution in [0.15, 0.2) is 48.5 Å². The largest absolute Gasteiger partial charge is 0.495 e. The predicted molar refractivity (Wildman–Crippen MR) is 164 cm³/mol. The third-order valence-corrected chi connectivity index (χ3v) is 7.83. The second-order valence-electron chi connectivity index (χ2n) is 11.7. The zero-order valence-electron chi connectivity index (χ0n) is 24.2. The Morgan fingerprint density at radius 3 is 2.49 bits per heavy atom. The molecule has 0 radical (unpaired) electrons. The van der Waals surface area contributed by atoms with E-state index in [9.17, 15) is 14.9 Å². The van der Waals surface area contributed by atoms with Gasteiger partial charge in [0.05, 0.1) is 46.2 Å². The Labute approximate surface area is 259 Å². The van der Waals surface area contributed by atoms with Crippen molar-refractivity contribution in [3.8, 4) is 11.8 Å². The lowest BCUT2D eigenvalue weighted by Gasteiger charge is -2.35. The van der Waals surface area contributed by atoms with Crippen LogP contribution < -0.4 is 20.7 Å². The summed E-state index contributed by atoms with van der Waals surface area (Å²) in [5, 5.41) is 17.8. The summed E-state index contributed by atoms with van der Waals surface area (Å²) in [6.07, 6.45) is 0.302. The number of benzene rings is 3. The molecule has 3 atom stereocenters. The molecule has 0 saturated carbocycles. The molecule has 1 aliphatic rings.